The van der Waals surface area contributed by atoms with Gasteiger partial charge in [-0.1, -0.05) is 0 Å². The van der Waals surface area contributed by atoms with Gasteiger partial charge in [-0.3, -0.25) is 0 Å². The first-order valence-electron chi connectivity index (χ1n) is 4.70. The Morgan fingerprint density at radius 3 is 1.36 bits per heavy atom. The fourth-order valence-corrected chi connectivity index (χ4v) is 0.826. The molecule has 0 aromatic rings. The topological polar surface area (TPSA) is 89.0 Å². The van der Waals surface area contributed by atoms with Crippen LogP contribution in [0.15, 0.2) is 0 Å². The monoisotopic (exact) mass is 208 g/mol. The summed E-state index contributed by atoms with van der Waals surface area (Å²) in [6, 6.07) is 0. The summed E-state index contributed by atoms with van der Waals surface area (Å²) in [5.41, 5.74) is 0. The molecule has 6 heteroatoms. The van der Waals surface area contributed by atoms with E-state index in [1.807, 2.05) is 0 Å². The Bertz CT molecular complexity index is 93.3. The average molecular weight is 208 g/mol. The number of rotatable bonds is 11. The Morgan fingerprint density at radius 1 is 0.571 bits per heavy atom. The highest BCUT2D eigenvalue weighted by Crippen LogP contribution is 1.91. The van der Waals surface area contributed by atoms with Crippen molar-refractivity contribution in [3.8, 4) is 0 Å². The molecule has 0 aromatic heterocycles. The van der Waals surface area contributed by atoms with Crippen LogP contribution in [0.3, 0.4) is 0 Å². The number of hydrogen-bond donors (Lipinski definition) is 2. The van der Waals surface area contributed by atoms with Crippen molar-refractivity contribution in [1.82, 2.24) is 0 Å². The summed E-state index contributed by atoms with van der Waals surface area (Å²) in [6.07, 6.45) is 1.93. The van der Waals surface area contributed by atoms with Crippen LogP contribution in [0.5, 0.6) is 0 Å². The number of unbranched alkanes of at least 4 members (excludes halogenated alkanes) is 1. The Labute approximate surface area is 84.3 Å². The highest BCUT2D eigenvalue weighted by Gasteiger charge is 1.91. The number of hydrogen-bond acceptors (Lipinski definition) is 6. The van der Waals surface area contributed by atoms with Gasteiger partial charge in [0.1, 0.15) is 0 Å². The molecule has 6 nitrogen and oxygen atoms in total. The average Bonchev–Trinajstić information content (AvgIpc) is 2.21. The molecule has 0 saturated carbocycles. The van der Waals surface area contributed by atoms with Crippen LogP contribution in [0.4, 0.5) is 0 Å². The molecule has 0 spiro atoms. The molecule has 14 heavy (non-hydrogen) atoms. The van der Waals surface area contributed by atoms with Gasteiger partial charge in [-0.2, -0.15) is 0 Å². The van der Waals surface area contributed by atoms with Crippen molar-refractivity contribution < 1.29 is 19.1 Å². The highest BCUT2D eigenvalue weighted by molar-refractivity contribution is 4.38. The van der Waals surface area contributed by atoms with E-state index in [0.717, 1.165) is 12.8 Å². The van der Waals surface area contributed by atoms with Gasteiger partial charge in [0.2, 0.25) is 0 Å². The van der Waals surface area contributed by atoms with Crippen LogP contribution in [-0.4, -0.2) is 39.6 Å². The van der Waals surface area contributed by atoms with Gasteiger partial charge < -0.3 is 19.1 Å². The lowest BCUT2D eigenvalue weighted by Crippen LogP contribution is -2.10. The van der Waals surface area contributed by atoms with E-state index < -0.39 is 0 Å². The van der Waals surface area contributed by atoms with Gasteiger partial charge in [0.25, 0.3) is 0 Å². The second kappa shape index (κ2) is 12.8. The lowest BCUT2D eigenvalue weighted by Gasteiger charge is -2.04. The Morgan fingerprint density at radius 2 is 1.00 bits per heavy atom. The smallest absolute Gasteiger partial charge is 0.0913 e. The van der Waals surface area contributed by atoms with Crippen molar-refractivity contribution in [3.63, 3.8) is 0 Å². The van der Waals surface area contributed by atoms with Crippen LogP contribution in [0.1, 0.15) is 12.8 Å². The molecule has 0 radical (unpaired) electrons. The van der Waals surface area contributed by atoms with E-state index in [-0.39, 0.29) is 0 Å². The van der Waals surface area contributed by atoms with E-state index >= 15 is 0 Å². The van der Waals surface area contributed by atoms with E-state index in [2.05, 4.69) is 9.68 Å². The molecule has 0 aliphatic carbocycles. The van der Waals surface area contributed by atoms with Gasteiger partial charge in [-0.05, 0) is 12.8 Å². The third-order valence-corrected chi connectivity index (χ3v) is 1.52. The molecule has 0 aliphatic heterocycles. The van der Waals surface area contributed by atoms with Gasteiger partial charge in [0, 0.05) is 13.2 Å². The molecule has 0 aromatic carbocycles. The molecule has 0 rings (SSSR count). The first-order chi connectivity index (χ1) is 6.91. The van der Waals surface area contributed by atoms with Crippen molar-refractivity contribution in [2.45, 2.75) is 12.8 Å². The maximum atomic E-state index is 5.20. The quantitative estimate of drug-likeness (QED) is 0.354. The third kappa shape index (κ3) is 11.8. The minimum atomic E-state index is 0.435. The molecule has 0 atom stereocenters. The molecule has 0 heterocycles. The summed E-state index contributed by atoms with van der Waals surface area (Å²) < 4.78 is 10.4. The second-order valence-electron chi connectivity index (χ2n) is 2.67. The van der Waals surface area contributed by atoms with Crippen molar-refractivity contribution in [1.29, 1.82) is 0 Å². The first-order valence-corrected chi connectivity index (χ1v) is 4.70. The van der Waals surface area contributed by atoms with Gasteiger partial charge in [0.15, 0.2) is 0 Å². The maximum Gasteiger partial charge on any atom is 0.0913 e. The van der Waals surface area contributed by atoms with Crippen LogP contribution in [-0.2, 0) is 19.1 Å². The molecular formula is C8H20N2O4. The summed E-state index contributed by atoms with van der Waals surface area (Å²) in [7, 11) is 0. The van der Waals surface area contributed by atoms with Crippen molar-refractivity contribution in [2.24, 2.45) is 11.8 Å². The van der Waals surface area contributed by atoms with Crippen LogP contribution in [0.25, 0.3) is 0 Å². The zero-order chi connectivity index (χ0) is 10.5. The van der Waals surface area contributed by atoms with E-state index in [1.165, 1.54) is 0 Å². The Kier molecular flexibility index (Phi) is 12.5. The molecule has 0 unspecified atom stereocenters. The molecule has 0 aliphatic rings. The van der Waals surface area contributed by atoms with Crippen LogP contribution >= 0.6 is 0 Å². The van der Waals surface area contributed by atoms with E-state index in [4.69, 9.17) is 21.3 Å². The molecule has 0 saturated heterocycles. The summed E-state index contributed by atoms with van der Waals surface area (Å²) >= 11 is 0. The van der Waals surface area contributed by atoms with E-state index in [1.54, 1.807) is 0 Å². The van der Waals surface area contributed by atoms with Crippen molar-refractivity contribution in [2.75, 3.05) is 39.6 Å². The minimum Gasteiger partial charge on any atom is -0.379 e. The molecular weight excluding hydrogens is 188 g/mol. The zero-order valence-corrected chi connectivity index (χ0v) is 8.44. The van der Waals surface area contributed by atoms with Crippen LogP contribution in [0.2, 0.25) is 0 Å². The molecule has 0 fully saturated rings. The van der Waals surface area contributed by atoms with Crippen LogP contribution in [0, 0.1) is 0 Å². The van der Waals surface area contributed by atoms with Gasteiger partial charge >= 0.3 is 0 Å². The summed E-state index contributed by atoms with van der Waals surface area (Å²) in [5.74, 6) is 9.63. The molecule has 4 N–H and O–H groups in total. The first kappa shape index (κ1) is 13.8. The second-order valence-corrected chi connectivity index (χ2v) is 2.67. The van der Waals surface area contributed by atoms with Gasteiger partial charge in [0.05, 0.1) is 26.4 Å². The number of nitrogens with two attached hydrogens (primary N) is 2. The van der Waals surface area contributed by atoms with E-state index in [0.29, 0.717) is 39.6 Å². The lowest BCUT2D eigenvalue weighted by molar-refractivity contribution is 0.0335. The molecule has 0 amide bonds. The standard InChI is InChI=1S/C8H20N2O4/c9-13-7-5-11-3-1-2-4-12-6-8-14-10/h1-10H2. The minimum absolute atomic E-state index is 0.435. The Hall–Kier alpha value is -0.240. The summed E-state index contributed by atoms with van der Waals surface area (Å²) in [6.45, 7) is 3.37. The zero-order valence-electron chi connectivity index (χ0n) is 8.44. The van der Waals surface area contributed by atoms with Gasteiger partial charge in [-0.25, -0.2) is 11.8 Å². The normalized spacial score (nSPS) is 10.7. The summed E-state index contributed by atoms with van der Waals surface area (Å²) in [5, 5.41) is 0. The lowest BCUT2D eigenvalue weighted by atomic mass is 10.3. The third-order valence-electron chi connectivity index (χ3n) is 1.52. The molecule has 86 valence electrons. The van der Waals surface area contributed by atoms with Crippen molar-refractivity contribution >= 4 is 0 Å². The maximum absolute atomic E-state index is 5.20. The van der Waals surface area contributed by atoms with E-state index in [9.17, 15) is 0 Å². The van der Waals surface area contributed by atoms with Crippen LogP contribution < -0.4 is 11.8 Å². The largest absolute Gasteiger partial charge is 0.379 e. The SMILES string of the molecule is NOCCOCCCCOCCON. The Balaban J connectivity index is 2.78. The fourth-order valence-electron chi connectivity index (χ4n) is 0.826. The summed E-state index contributed by atoms with van der Waals surface area (Å²) in [4.78, 5) is 8.68. The van der Waals surface area contributed by atoms with Gasteiger partial charge in [-0.15, -0.1) is 0 Å². The number of ether oxygens (including phenoxy) is 2. The highest BCUT2D eigenvalue weighted by atomic mass is 16.6. The fraction of sp³-hybridized carbons (Fsp3) is 1.00. The van der Waals surface area contributed by atoms with Crippen molar-refractivity contribution in [3.05, 3.63) is 0 Å². The molecule has 0 bridgehead atoms. The predicted octanol–water partition coefficient (Wildman–Crippen LogP) is -0.420. The predicted molar refractivity (Wildman–Crippen MR) is 51.2 cm³/mol.